The summed E-state index contributed by atoms with van der Waals surface area (Å²) in [6.07, 6.45) is 1.12. The van der Waals surface area contributed by atoms with Gasteiger partial charge < -0.3 is 14.7 Å². The zero-order valence-electron chi connectivity index (χ0n) is 15.6. The van der Waals surface area contributed by atoms with Crippen LogP contribution in [0, 0.1) is 5.82 Å². The number of likely N-dealkylation sites (N-methyl/N-ethyl adjacent to an activating group) is 1. The second kappa shape index (κ2) is 8.79. The van der Waals surface area contributed by atoms with Crippen molar-refractivity contribution < 1.29 is 17.6 Å². The SMILES string of the molecule is CN(C)CCN(CC(=O)N1CCN(c2ccccc2F)CC1)S(C)(=O)=O. The van der Waals surface area contributed by atoms with Crippen LogP contribution in [0.5, 0.6) is 0 Å². The Morgan fingerprint density at radius 2 is 1.73 bits per heavy atom. The second-order valence-corrected chi connectivity index (χ2v) is 8.70. The quantitative estimate of drug-likeness (QED) is 0.674. The van der Waals surface area contributed by atoms with Crippen molar-refractivity contribution in [3.05, 3.63) is 30.1 Å². The van der Waals surface area contributed by atoms with Gasteiger partial charge in [-0.25, -0.2) is 12.8 Å². The predicted molar refractivity (Wildman–Crippen MR) is 100 cm³/mol. The fraction of sp³-hybridized carbons (Fsp3) is 0.588. The number of benzene rings is 1. The summed E-state index contributed by atoms with van der Waals surface area (Å²) < 4.78 is 38.9. The maximum atomic E-state index is 13.9. The van der Waals surface area contributed by atoms with Crippen LogP contribution in [0.3, 0.4) is 0 Å². The molecule has 1 aromatic carbocycles. The Bertz CT molecular complexity index is 718. The molecule has 0 atom stereocenters. The minimum absolute atomic E-state index is 0.160. The summed E-state index contributed by atoms with van der Waals surface area (Å²) in [4.78, 5) is 17.9. The zero-order valence-corrected chi connectivity index (χ0v) is 16.4. The molecule has 0 aromatic heterocycles. The molecule has 1 amide bonds. The monoisotopic (exact) mass is 386 g/mol. The van der Waals surface area contributed by atoms with Crippen molar-refractivity contribution in [3.8, 4) is 0 Å². The topological polar surface area (TPSA) is 64.2 Å². The molecule has 26 heavy (non-hydrogen) atoms. The third-order valence-electron chi connectivity index (χ3n) is 4.40. The third-order valence-corrected chi connectivity index (χ3v) is 5.65. The Kier molecular flexibility index (Phi) is 6.96. The largest absolute Gasteiger partial charge is 0.366 e. The van der Waals surface area contributed by atoms with Gasteiger partial charge in [0.15, 0.2) is 0 Å². The van der Waals surface area contributed by atoms with E-state index in [4.69, 9.17) is 0 Å². The van der Waals surface area contributed by atoms with E-state index in [-0.39, 0.29) is 24.8 Å². The van der Waals surface area contributed by atoms with Gasteiger partial charge in [-0.1, -0.05) is 12.1 Å². The van der Waals surface area contributed by atoms with Crippen molar-refractivity contribution in [3.63, 3.8) is 0 Å². The molecule has 1 saturated heterocycles. The molecule has 0 bridgehead atoms. The summed E-state index contributed by atoms with van der Waals surface area (Å²) in [6, 6.07) is 6.57. The summed E-state index contributed by atoms with van der Waals surface area (Å²) in [7, 11) is 0.248. The molecule has 1 aromatic rings. The van der Waals surface area contributed by atoms with Crippen LogP contribution in [0.15, 0.2) is 24.3 Å². The minimum Gasteiger partial charge on any atom is -0.366 e. The number of carbonyl (C=O) groups is 1. The van der Waals surface area contributed by atoms with E-state index in [0.717, 1.165) is 6.26 Å². The maximum absolute atomic E-state index is 13.9. The van der Waals surface area contributed by atoms with Crippen LogP contribution in [-0.2, 0) is 14.8 Å². The van der Waals surface area contributed by atoms with Crippen LogP contribution < -0.4 is 4.90 Å². The fourth-order valence-corrected chi connectivity index (χ4v) is 3.59. The van der Waals surface area contributed by atoms with Gasteiger partial charge >= 0.3 is 0 Å². The molecule has 0 aliphatic carbocycles. The van der Waals surface area contributed by atoms with E-state index in [2.05, 4.69) is 0 Å². The molecular weight excluding hydrogens is 359 g/mol. The Morgan fingerprint density at radius 3 is 2.27 bits per heavy atom. The Hall–Kier alpha value is -1.71. The van der Waals surface area contributed by atoms with E-state index < -0.39 is 10.0 Å². The van der Waals surface area contributed by atoms with Gasteiger partial charge in [-0.3, -0.25) is 4.79 Å². The first-order chi connectivity index (χ1) is 12.2. The molecule has 7 nitrogen and oxygen atoms in total. The number of para-hydroxylation sites is 1. The Morgan fingerprint density at radius 1 is 1.12 bits per heavy atom. The van der Waals surface area contributed by atoms with Crippen molar-refractivity contribution in [2.24, 2.45) is 0 Å². The summed E-state index contributed by atoms with van der Waals surface area (Å²) in [5, 5.41) is 0. The third kappa shape index (κ3) is 5.65. The average molecular weight is 386 g/mol. The van der Waals surface area contributed by atoms with Gasteiger partial charge in [0.25, 0.3) is 0 Å². The number of hydrogen-bond acceptors (Lipinski definition) is 5. The lowest BCUT2D eigenvalue weighted by Gasteiger charge is -2.37. The predicted octanol–water partition coefficient (Wildman–Crippen LogP) is 0.298. The molecule has 0 spiro atoms. The molecule has 1 fully saturated rings. The Labute approximate surface area is 155 Å². The van der Waals surface area contributed by atoms with Crippen LogP contribution in [-0.4, -0.2) is 94.6 Å². The summed E-state index contributed by atoms with van der Waals surface area (Å²) in [5.74, 6) is -0.499. The second-order valence-electron chi connectivity index (χ2n) is 6.72. The van der Waals surface area contributed by atoms with Crippen LogP contribution in [0.2, 0.25) is 0 Å². The first-order valence-electron chi connectivity index (χ1n) is 8.55. The van der Waals surface area contributed by atoms with Gasteiger partial charge in [0.2, 0.25) is 15.9 Å². The highest BCUT2D eigenvalue weighted by molar-refractivity contribution is 7.88. The normalized spacial score (nSPS) is 15.8. The number of amides is 1. The van der Waals surface area contributed by atoms with Crippen molar-refractivity contribution in [2.45, 2.75) is 0 Å². The molecule has 0 saturated carbocycles. The summed E-state index contributed by atoms with van der Waals surface area (Å²) in [5.41, 5.74) is 0.531. The van der Waals surface area contributed by atoms with Gasteiger partial charge in [-0.05, 0) is 26.2 Å². The average Bonchev–Trinajstić information content (AvgIpc) is 2.58. The van der Waals surface area contributed by atoms with Crippen LogP contribution in [0.4, 0.5) is 10.1 Å². The lowest BCUT2D eigenvalue weighted by atomic mass is 10.2. The summed E-state index contributed by atoms with van der Waals surface area (Å²) >= 11 is 0. The molecule has 1 aliphatic heterocycles. The van der Waals surface area contributed by atoms with Crippen molar-refractivity contribution in [1.82, 2.24) is 14.1 Å². The van der Waals surface area contributed by atoms with Crippen LogP contribution in [0.1, 0.15) is 0 Å². The number of carbonyl (C=O) groups excluding carboxylic acids is 1. The molecule has 2 rings (SSSR count). The van der Waals surface area contributed by atoms with Gasteiger partial charge in [-0.2, -0.15) is 4.31 Å². The number of piperazine rings is 1. The molecule has 1 heterocycles. The van der Waals surface area contributed by atoms with Gasteiger partial charge in [0.1, 0.15) is 5.82 Å². The molecular formula is C17H27FN4O3S. The first-order valence-corrected chi connectivity index (χ1v) is 10.4. The van der Waals surface area contributed by atoms with E-state index in [0.29, 0.717) is 38.4 Å². The van der Waals surface area contributed by atoms with E-state index in [1.54, 1.807) is 23.1 Å². The molecule has 1 aliphatic rings. The lowest BCUT2D eigenvalue weighted by Crippen LogP contribution is -2.52. The highest BCUT2D eigenvalue weighted by atomic mass is 32.2. The smallest absolute Gasteiger partial charge is 0.238 e. The van der Waals surface area contributed by atoms with E-state index in [1.807, 2.05) is 23.9 Å². The van der Waals surface area contributed by atoms with Gasteiger partial charge in [0, 0.05) is 39.3 Å². The van der Waals surface area contributed by atoms with Gasteiger partial charge in [0.05, 0.1) is 18.5 Å². The Balaban J connectivity index is 1.93. The minimum atomic E-state index is -3.45. The van der Waals surface area contributed by atoms with E-state index in [9.17, 15) is 17.6 Å². The number of nitrogens with zero attached hydrogens (tertiary/aromatic N) is 4. The first kappa shape index (κ1) is 20.6. The van der Waals surface area contributed by atoms with Gasteiger partial charge in [-0.15, -0.1) is 0 Å². The fourth-order valence-electron chi connectivity index (χ4n) is 2.83. The summed E-state index contributed by atoms with van der Waals surface area (Å²) in [6.45, 7) is 2.57. The number of anilines is 1. The maximum Gasteiger partial charge on any atom is 0.238 e. The van der Waals surface area contributed by atoms with E-state index in [1.165, 1.54) is 10.4 Å². The van der Waals surface area contributed by atoms with Crippen molar-refractivity contribution in [1.29, 1.82) is 0 Å². The number of rotatable bonds is 7. The van der Waals surface area contributed by atoms with E-state index >= 15 is 0 Å². The number of hydrogen-bond donors (Lipinski definition) is 0. The highest BCUT2D eigenvalue weighted by Gasteiger charge is 2.26. The highest BCUT2D eigenvalue weighted by Crippen LogP contribution is 2.20. The molecule has 9 heteroatoms. The number of halogens is 1. The van der Waals surface area contributed by atoms with Crippen molar-refractivity contribution >= 4 is 21.6 Å². The van der Waals surface area contributed by atoms with Crippen molar-refractivity contribution in [2.75, 3.05) is 71.1 Å². The molecule has 0 radical (unpaired) electrons. The zero-order chi connectivity index (χ0) is 19.3. The van der Waals surface area contributed by atoms with Crippen LogP contribution in [0.25, 0.3) is 0 Å². The standard InChI is InChI=1S/C17H27FN4O3S/c1-19(2)8-13-22(26(3,24)25)14-17(23)21-11-9-20(10-12-21)16-7-5-4-6-15(16)18/h4-7H,8-14H2,1-3H3. The molecule has 146 valence electrons. The number of sulfonamides is 1. The molecule has 0 N–H and O–H groups in total. The lowest BCUT2D eigenvalue weighted by molar-refractivity contribution is -0.131. The van der Waals surface area contributed by atoms with Crippen LogP contribution >= 0.6 is 0 Å². The molecule has 0 unspecified atom stereocenters.